The Hall–Kier alpha value is -1.82. The van der Waals surface area contributed by atoms with Gasteiger partial charge in [-0.3, -0.25) is 0 Å². The van der Waals surface area contributed by atoms with Crippen LogP contribution in [0.5, 0.6) is 0 Å². The molecular formula is C55H92N2Pd. The molecule has 0 N–H and O–H groups in total. The fourth-order valence-corrected chi connectivity index (χ4v) is 10.4. The third kappa shape index (κ3) is 20.2. The Kier molecular flexibility index (Phi) is 30.5. The number of aryl methyl sites for hydroxylation is 4. The number of hydrogen-bond donors (Lipinski definition) is 0. The normalized spacial score (nSPS) is 12.9. The average Bonchev–Trinajstić information content (AvgIpc) is 3.51. The number of rotatable bonds is 33. The van der Waals surface area contributed by atoms with Crippen LogP contribution in [0.4, 0.5) is 0 Å². The predicted octanol–water partition coefficient (Wildman–Crippen LogP) is 18.8. The molecule has 332 valence electrons. The van der Waals surface area contributed by atoms with Gasteiger partial charge in [0.05, 0.1) is 0 Å². The molecule has 0 saturated carbocycles. The molecule has 2 aromatic rings. The van der Waals surface area contributed by atoms with Crippen molar-refractivity contribution in [3.05, 3.63) is 86.5 Å². The quantitative estimate of drug-likeness (QED) is 0.0388. The van der Waals surface area contributed by atoms with E-state index in [1.54, 1.807) is 4.70 Å². The van der Waals surface area contributed by atoms with Gasteiger partial charge >= 0.3 is 67.3 Å². The second-order valence-electron chi connectivity index (χ2n) is 17.3. The summed E-state index contributed by atoms with van der Waals surface area (Å²) in [6.45, 7) is 18.3. The van der Waals surface area contributed by atoms with Crippen molar-refractivity contribution in [3.8, 4) is 0 Å². The molecule has 0 bridgehead atoms. The summed E-state index contributed by atoms with van der Waals surface area (Å²) in [5.74, 6) is 0. The van der Waals surface area contributed by atoms with E-state index >= 15 is 0 Å². The first-order chi connectivity index (χ1) is 28.4. The molecule has 0 saturated heterocycles. The first kappa shape index (κ1) is 52.3. The fraction of sp³-hybridized carbons (Fsp3) is 0.709. The second kappa shape index (κ2) is 33.8. The van der Waals surface area contributed by atoms with Crippen LogP contribution in [0.2, 0.25) is 9.79 Å². The standard InChI is InChI=1S/C47H74N2.2C4H9.Pd/c1-7-13-19-20-21-25-31-45-44(30-24-16-10-4)46(42-34-38(26-17-11-5)32-40(36-42)28-22-14-8-2)49(48)47(45)43-35-39(27-18-12-6)33-41(37-43)29-23-15-9-3;2*1-3-4-2;/h32-37H,7-31H2,1-6H3;2*1,3-4H2,2H3;. The molecule has 2 nitrogen and oxygen atoms in total. The molecule has 0 radical (unpaired) electrons. The van der Waals surface area contributed by atoms with Gasteiger partial charge in [0.1, 0.15) is 0 Å². The van der Waals surface area contributed by atoms with Crippen LogP contribution in [-0.2, 0) is 43.7 Å². The van der Waals surface area contributed by atoms with E-state index in [1.807, 2.05) is 0 Å². The Morgan fingerprint density at radius 2 is 0.638 bits per heavy atom. The van der Waals surface area contributed by atoms with Crippen molar-refractivity contribution >= 4 is 11.4 Å². The van der Waals surface area contributed by atoms with Crippen LogP contribution in [0.1, 0.15) is 249 Å². The average molecular weight is 888 g/mol. The summed E-state index contributed by atoms with van der Waals surface area (Å²) in [7, 11) is 0. The zero-order valence-electron chi connectivity index (χ0n) is 39.6. The number of unbranched alkanes of at least 4 members (excludes halogenated alkanes) is 15. The Bertz CT molecular complexity index is 1440. The predicted molar refractivity (Wildman–Crippen MR) is 256 cm³/mol. The van der Waals surface area contributed by atoms with E-state index in [-0.39, 0.29) is 0 Å². The molecule has 0 amide bonds. The van der Waals surface area contributed by atoms with Crippen LogP contribution in [0.3, 0.4) is 0 Å². The molecule has 1 heterocycles. The first-order valence-electron chi connectivity index (χ1n) is 25.1. The van der Waals surface area contributed by atoms with Gasteiger partial charge in [-0.1, -0.05) is 137 Å². The summed E-state index contributed by atoms with van der Waals surface area (Å²) in [5, 5.41) is 0. The summed E-state index contributed by atoms with van der Waals surface area (Å²) in [4.78, 5) is 3.01. The molecule has 3 rings (SSSR count). The monoisotopic (exact) mass is 887 g/mol. The molecule has 0 unspecified atom stereocenters. The van der Waals surface area contributed by atoms with Gasteiger partial charge in [-0.15, -0.1) is 0 Å². The summed E-state index contributed by atoms with van der Waals surface area (Å²) in [5.41, 5.74) is 25.8. The molecule has 1 aliphatic heterocycles. The molecule has 0 aliphatic carbocycles. The second-order valence-corrected chi connectivity index (χ2v) is 19.7. The van der Waals surface area contributed by atoms with Crippen molar-refractivity contribution in [2.45, 2.75) is 251 Å². The third-order valence-electron chi connectivity index (χ3n) is 11.8. The molecule has 58 heavy (non-hydrogen) atoms. The van der Waals surface area contributed by atoms with E-state index < -0.39 is 0 Å². The molecule has 0 atom stereocenters. The SMILES string of the molecule is CCCCCCCCC1=C(c2cc(CCCC)cc(CCCCC)c2)[N+](=[N-])C(c2cc(CCCC)cc(CCCCC)c2)=C1CCCCC.CCC[CH2][Pd][CH2]CCC. The maximum absolute atomic E-state index is 12.6. The van der Waals surface area contributed by atoms with Crippen molar-refractivity contribution in [2.24, 2.45) is 0 Å². The van der Waals surface area contributed by atoms with Crippen LogP contribution in [0, 0.1) is 0 Å². The zero-order valence-corrected chi connectivity index (χ0v) is 41.1. The van der Waals surface area contributed by atoms with Crippen LogP contribution in [0.15, 0.2) is 47.5 Å². The molecular weight excluding hydrogens is 795 g/mol. The van der Waals surface area contributed by atoms with Gasteiger partial charge in [0.2, 0.25) is 11.4 Å². The van der Waals surface area contributed by atoms with E-state index in [9.17, 15) is 5.53 Å². The molecule has 2 aromatic carbocycles. The Balaban J connectivity index is 0.00000115. The van der Waals surface area contributed by atoms with Gasteiger partial charge in [0.15, 0.2) is 0 Å². The topological polar surface area (TPSA) is 25.3 Å². The fourth-order valence-electron chi connectivity index (χ4n) is 8.18. The number of hydrogen-bond acceptors (Lipinski definition) is 0. The summed E-state index contributed by atoms with van der Waals surface area (Å²) in [6.07, 6.45) is 35.9. The van der Waals surface area contributed by atoms with Crippen molar-refractivity contribution in [1.82, 2.24) is 0 Å². The number of allylic oxidation sites excluding steroid dienone is 2. The van der Waals surface area contributed by atoms with Crippen LogP contribution in [0.25, 0.3) is 16.9 Å². The number of nitrogens with zero attached hydrogens (tertiary/aromatic N) is 2. The molecule has 0 spiro atoms. The van der Waals surface area contributed by atoms with Gasteiger partial charge < -0.3 is 5.53 Å². The molecule has 3 heteroatoms. The van der Waals surface area contributed by atoms with E-state index in [0.29, 0.717) is 0 Å². The van der Waals surface area contributed by atoms with E-state index in [2.05, 4.69) is 91.8 Å². The minimum absolute atomic E-state index is 1.04. The van der Waals surface area contributed by atoms with Crippen molar-refractivity contribution in [1.29, 1.82) is 0 Å². The first-order valence-corrected chi connectivity index (χ1v) is 27.3. The van der Waals surface area contributed by atoms with Gasteiger partial charge in [-0.25, -0.2) is 4.70 Å². The van der Waals surface area contributed by atoms with Crippen LogP contribution < -0.4 is 0 Å². The number of benzene rings is 2. The Morgan fingerprint density at radius 1 is 0.345 bits per heavy atom. The summed E-state index contributed by atoms with van der Waals surface area (Å²) < 4.78 is 1.68. The van der Waals surface area contributed by atoms with Gasteiger partial charge in [0.25, 0.3) is 0 Å². The van der Waals surface area contributed by atoms with Crippen molar-refractivity contribution in [3.63, 3.8) is 0 Å². The van der Waals surface area contributed by atoms with Gasteiger partial charge in [0, 0.05) is 22.3 Å². The van der Waals surface area contributed by atoms with Crippen molar-refractivity contribution in [2.75, 3.05) is 0 Å². The van der Waals surface area contributed by atoms with Crippen molar-refractivity contribution < 1.29 is 22.7 Å². The minimum atomic E-state index is 1.04. The van der Waals surface area contributed by atoms with Crippen LogP contribution in [-0.4, -0.2) is 4.70 Å². The van der Waals surface area contributed by atoms with E-state index in [0.717, 1.165) is 67.9 Å². The molecule has 1 aliphatic rings. The van der Waals surface area contributed by atoms with E-state index in [4.69, 9.17) is 0 Å². The van der Waals surface area contributed by atoms with Crippen LogP contribution >= 0.6 is 0 Å². The van der Waals surface area contributed by atoms with Gasteiger partial charge in [-0.2, -0.15) is 0 Å². The summed E-state index contributed by atoms with van der Waals surface area (Å²) in [6, 6.07) is 14.7. The van der Waals surface area contributed by atoms with E-state index in [1.165, 1.54) is 202 Å². The molecule has 0 fully saturated rings. The maximum atomic E-state index is 12.6. The summed E-state index contributed by atoms with van der Waals surface area (Å²) >= 11 is 1.07. The zero-order chi connectivity index (χ0) is 42.2. The Morgan fingerprint density at radius 3 is 1.02 bits per heavy atom. The van der Waals surface area contributed by atoms with Gasteiger partial charge in [-0.05, 0) is 124 Å². The Labute approximate surface area is 370 Å². The molecule has 0 aromatic heterocycles. The third-order valence-corrected chi connectivity index (χ3v) is 14.0.